The van der Waals surface area contributed by atoms with E-state index >= 15 is 0 Å². The SMILES string of the molecule is C[C@@H]1CCCC[C@H]1NC(=O)COC(=O)CCNS(=O)(=O)c1ccc(Cl)cc1. The summed E-state index contributed by atoms with van der Waals surface area (Å²) in [6, 6.07) is 5.81. The van der Waals surface area contributed by atoms with Crippen molar-refractivity contribution in [2.45, 2.75) is 50.0 Å². The molecule has 0 aromatic heterocycles. The fourth-order valence-electron chi connectivity index (χ4n) is 2.98. The molecule has 0 bridgehead atoms. The summed E-state index contributed by atoms with van der Waals surface area (Å²) in [5, 5.41) is 3.32. The Labute approximate surface area is 164 Å². The number of benzene rings is 1. The first-order valence-electron chi connectivity index (χ1n) is 8.98. The van der Waals surface area contributed by atoms with Gasteiger partial charge in [-0.15, -0.1) is 0 Å². The van der Waals surface area contributed by atoms with E-state index in [9.17, 15) is 18.0 Å². The van der Waals surface area contributed by atoms with Crippen LogP contribution in [0.4, 0.5) is 0 Å². The van der Waals surface area contributed by atoms with Crippen molar-refractivity contribution in [1.29, 1.82) is 0 Å². The van der Waals surface area contributed by atoms with E-state index in [0.717, 1.165) is 19.3 Å². The number of rotatable bonds is 8. The maximum Gasteiger partial charge on any atom is 0.307 e. The Morgan fingerprint density at radius 1 is 1.19 bits per heavy atom. The summed E-state index contributed by atoms with van der Waals surface area (Å²) in [5.41, 5.74) is 0. The van der Waals surface area contributed by atoms with Crippen molar-refractivity contribution in [3.63, 3.8) is 0 Å². The Morgan fingerprint density at radius 2 is 1.85 bits per heavy atom. The Bertz CT molecular complexity index is 752. The summed E-state index contributed by atoms with van der Waals surface area (Å²) in [6.45, 7) is 1.62. The minimum Gasteiger partial charge on any atom is -0.456 e. The molecule has 1 aromatic rings. The maximum absolute atomic E-state index is 12.1. The van der Waals surface area contributed by atoms with Crippen LogP contribution in [-0.2, 0) is 24.3 Å². The van der Waals surface area contributed by atoms with E-state index in [1.807, 2.05) is 0 Å². The van der Waals surface area contributed by atoms with Crippen molar-refractivity contribution in [1.82, 2.24) is 10.0 Å². The van der Waals surface area contributed by atoms with Crippen LogP contribution in [0.15, 0.2) is 29.2 Å². The lowest BCUT2D eigenvalue weighted by Gasteiger charge is -2.29. The molecule has 0 saturated heterocycles. The lowest BCUT2D eigenvalue weighted by Crippen LogP contribution is -2.43. The highest BCUT2D eigenvalue weighted by molar-refractivity contribution is 7.89. The first kappa shape index (κ1) is 21.7. The summed E-state index contributed by atoms with van der Waals surface area (Å²) in [6.07, 6.45) is 4.11. The van der Waals surface area contributed by atoms with Gasteiger partial charge in [-0.25, -0.2) is 13.1 Å². The molecule has 1 amide bonds. The second kappa shape index (κ2) is 10.1. The molecule has 9 heteroatoms. The van der Waals surface area contributed by atoms with Gasteiger partial charge in [-0.3, -0.25) is 9.59 Å². The second-order valence-corrected chi connectivity index (χ2v) is 8.90. The van der Waals surface area contributed by atoms with Crippen LogP contribution >= 0.6 is 11.6 Å². The minimum atomic E-state index is -3.73. The Kier molecular flexibility index (Phi) is 8.07. The summed E-state index contributed by atoms with van der Waals surface area (Å²) < 4.78 is 31.4. The summed E-state index contributed by atoms with van der Waals surface area (Å²) in [5.74, 6) is -0.551. The number of amides is 1. The van der Waals surface area contributed by atoms with E-state index in [4.69, 9.17) is 16.3 Å². The maximum atomic E-state index is 12.1. The van der Waals surface area contributed by atoms with Crippen molar-refractivity contribution in [2.75, 3.05) is 13.2 Å². The van der Waals surface area contributed by atoms with E-state index in [1.165, 1.54) is 30.7 Å². The number of ether oxygens (including phenoxy) is 1. The molecule has 2 N–H and O–H groups in total. The fourth-order valence-corrected chi connectivity index (χ4v) is 4.14. The van der Waals surface area contributed by atoms with Crippen molar-refractivity contribution in [3.8, 4) is 0 Å². The van der Waals surface area contributed by atoms with Gasteiger partial charge in [0.05, 0.1) is 11.3 Å². The van der Waals surface area contributed by atoms with Crippen LogP contribution in [0, 0.1) is 5.92 Å². The molecule has 150 valence electrons. The number of nitrogens with one attached hydrogen (secondary N) is 2. The van der Waals surface area contributed by atoms with E-state index in [2.05, 4.69) is 17.0 Å². The van der Waals surface area contributed by atoms with Crippen LogP contribution in [0.1, 0.15) is 39.0 Å². The molecular formula is C18H25ClN2O5S. The van der Waals surface area contributed by atoms with Gasteiger partial charge in [0.15, 0.2) is 6.61 Å². The highest BCUT2D eigenvalue weighted by Crippen LogP contribution is 2.23. The summed E-state index contributed by atoms with van der Waals surface area (Å²) >= 11 is 5.73. The molecule has 27 heavy (non-hydrogen) atoms. The van der Waals surface area contributed by atoms with Crippen molar-refractivity contribution >= 4 is 33.5 Å². The lowest BCUT2D eigenvalue weighted by atomic mass is 9.86. The average Bonchev–Trinajstić information content (AvgIpc) is 2.62. The van der Waals surface area contributed by atoms with Gasteiger partial charge >= 0.3 is 5.97 Å². The molecule has 0 heterocycles. The molecule has 0 radical (unpaired) electrons. The molecule has 1 saturated carbocycles. The predicted molar refractivity (Wildman–Crippen MR) is 102 cm³/mol. The van der Waals surface area contributed by atoms with Gasteiger partial charge < -0.3 is 10.1 Å². The number of halogens is 1. The van der Waals surface area contributed by atoms with E-state index in [-0.39, 0.29) is 36.4 Å². The van der Waals surface area contributed by atoms with Crippen molar-refractivity contribution in [2.24, 2.45) is 5.92 Å². The monoisotopic (exact) mass is 416 g/mol. The predicted octanol–water partition coefficient (Wildman–Crippen LogP) is 2.25. The van der Waals surface area contributed by atoms with Gasteiger partial charge in [0.2, 0.25) is 10.0 Å². The third-order valence-corrected chi connectivity index (χ3v) is 6.30. The molecule has 2 atom stereocenters. The quantitative estimate of drug-likeness (QED) is 0.633. The Hall–Kier alpha value is -1.64. The summed E-state index contributed by atoms with van der Waals surface area (Å²) in [4.78, 5) is 23.7. The number of hydrogen-bond acceptors (Lipinski definition) is 5. The molecule has 0 aliphatic heterocycles. The van der Waals surface area contributed by atoms with E-state index in [1.54, 1.807) is 0 Å². The molecule has 1 fully saturated rings. The highest BCUT2D eigenvalue weighted by atomic mass is 35.5. The van der Waals surface area contributed by atoms with Crippen LogP contribution in [0.3, 0.4) is 0 Å². The third-order valence-electron chi connectivity index (χ3n) is 4.57. The average molecular weight is 417 g/mol. The molecule has 1 aromatic carbocycles. The van der Waals surface area contributed by atoms with E-state index < -0.39 is 16.0 Å². The van der Waals surface area contributed by atoms with Gasteiger partial charge in [-0.2, -0.15) is 0 Å². The van der Waals surface area contributed by atoms with Crippen molar-refractivity contribution in [3.05, 3.63) is 29.3 Å². The highest BCUT2D eigenvalue weighted by Gasteiger charge is 2.23. The number of carbonyl (C=O) groups excluding carboxylic acids is 2. The molecule has 7 nitrogen and oxygen atoms in total. The Balaban J connectivity index is 1.68. The standard InChI is InChI=1S/C18H25ClN2O5S/c1-13-4-2-3-5-16(13)21-17(22)12-26-18(23)10-11-20-27(24,25)15-8-6-14(19)7-9-15/h6-9,13,16,20H,2-5,10-12H2,1H3,(H,21,22)/t13-,16-/m1/s1. The van der Waals surface area contributed by atoms with Crippen LogP contribution in [-0.4, -0.2) is 39.5 Å². The fraction of sp³-hybridized carbons (Fsp3) is 0.556. The molecule has 1 aliphatic carbocycles. The normalized spacial score (nSPS) is 20.1. The Morgan fingerprint density at radius 3 is 2.52 bits per heavy atom. The molecule has 2 rings (SSSR count). The largest absolute Gasteiger partial charge is 0.456 e. The number of esters is 1. The third kappa shape index (κ3) is 7.12. The zero-order chi connectivity index (χ0) is 19.9. The smallest absolute Gasteiger partial charge is 0.307 e. The van der Waals surface area contributed by atoms with Crippen molar-refractivity contribution < 1.29 is 22.7 Å². The number of carbonyl (C=O) groups is 2. The van der Waals surface area contributed by atoms with Crippen LogP contribution in [0.5, 0.6) is 0 Å². The number of hydrogen-bond donors (Lipinski definition) is 2. The topological polar surface area (TPSA) is 102 Å². The molecule has 0 spiro atoms. The zero-order valence-corrected chi connectivity index (χ0v) is 16.8. The number of sulfonamides is 1. The zero-order valence-electron chi connectivity index (χ0n) is 15.2. The van der Waals surface area contributed by atoms with Gasteiger partial charge in [-0.05, 0) is 43.0 Å². The van der Waals surface area contributed by atoms with Crippen LogP contribution in [0.2, 0.25) is 5.02 Å². The molecule has 0 unspecified atom stereocenters. The second-order valence-electron chi connectivity index (χ2n) is 6.70. The van der Waals surface area contributed by atoms with Gasteiger partial charge in [0, 0.05) is 17.6 Å². The van der Waals surface area contributed by atoms with E-state index in [0.29, 0.717) is 10.9 Å². The van der Waals surface area contributed by atoms with Crippen LogP contribution < -0.4 is 10.0 Å². The minimum absolute atomic E-state index is 0.0567. The first-order valence-corrected chi connectivity index (χ1v) is 10.8. The van der Waals surface area contributed by atoms with Gasteiger partial charge in [0.1, 0.15) is 0 Å². The first-order chi connectivity index (χ1) is 12.8. The lowest BCUT2D eigenvalue weighted by molar-refractivity contribution is -0.148. The van der Waals surface area contributed by atoms with Crippen LogP contribution in [0.25, 0.3) is 0 Å². The molecular weight excluding hydrogens is 392 g/mol. The summed E-state index contributed by atoms with van der Waals surface area (Å²) in [7, 11) is -3.73. The van der Waals surface area contributed by atoms with Gasteiger partial charge in [0.25, 0.3) is 5.91 Å². The van der Waals surface area contributed by atoms with Gasteiger partial charge in [-0.1, -0.05) is 31.4 Å². The molecule has 1 aliphatic rings.